The fourth-order valence-corrected chi connectivity index (χ4v) is 4.14. The van der Waals surface area contributed by atoms with Gasteiger partial charge >= 0.3 is 0 Å². The quantitative estimate of drug-likeness (QED) is 0.548. The summed E-state index contributed by atoms with van der Waals surface area (Å²) in [5, 5.41) is 4.05. The summed E-state index contributed by atoms with van der Waals surface area (Å²) in [6.07, 6.45) is 8.46. The minimum absolute atomic E-state index is 0.0395. The topological polar surface area (TPSA) is 60.5 Å². The largest absolute Gasteiger partial charge is 0.491 e. The summed E-state index contributed by atoms with van der Waals surface area (Å²) in [6.45, 7) is 7.69. The lowest BCUT2D eigenvalue weighted by Gasteiger charge is -2.38. The first kappa shape index (κ1) is 21.6. The van der Waals surface area contributed by atoms with Gasteiger partial charge in [0.25, 0.3) is 5.91 Å². The number of fused-ring (bicyclic) bond motifs is 1. The summed E-state index contributed by atoms with van der Waals surface area (Å²) < 4.78 is 12.1. The zero-order valence-corrected chi connectivity index (χ0v) is 18.0. The zero-order chi connectivity index (χ0) is 20.7. The Morgan fingerprint density at radius 1 is 1.24 bits per heavy atom. The van der Waals surface area contributed by atoms with Gasteiger partial charge in [0.05, 0.1) is 12.3 Å². The Hall–Kier alpha value is -2.14. The Kier molecular flexibility index (Phi) is 7.48. The van der Waals surface area contributed by atoms with Crippen LogP contribution in [0.5, 0.6) is 5.75 Å². The molecule has 0 bridgehead atoms. The van der Waals surface area contributed by atoms with E-state index in [-0.39, 0.29) is 5.91 Å². The van der Waals surface area contributed by atoms with E-state index < -0.39 is 5.60 Å². The van der Waals surface area contributed by atoms with E-state index in [9.17, 15) is 4.79 Å². The number of carbonyl (C=O) groups is 1. The van der Waals surface area contributed by atoms with Crippen molar-refractivity contribution in [3.8, 4) is 5.75 Å². The van der Waals surface area contributed by atoms with E-state index in [0.29, 0.717) is 19.1 Å². The van der Waals surface area contributed by atoms with Gasteiger partial charge in [-0.15, -0.1) is 0 Å². The van der Waals surface area contributed by atoms with Crippen LogP contribution in [0.15, 0.2) is 30.5 Å². The molecule has 0 unspecified atom stereocenters. The van der Waals surface area contributed by atoms with E-state index in [1.807, 2.05) is 24.3 Å². The van der Waals surface area contributed by atoms with E-state index in [1.165, 1.54) is 0 Å². The SMILES string of the molecule is CCCCOc1ccc(NC(=O)[C@@]2(OCCC)CCC[C@H](C)C2)c2cccnc12. The van der Waals surface area contributed by atoms with Gasteiger partial charge in [0.15, 0.2) is 0 Å². The molecule has 1 aliphatic rings. The van der Waals surface area contributed by atoms with Gasteiger partial charge in [-0.05, 0) is 62.3 Å². The van der Waals surface area contributed by atoms with Crippen LogP contribution in [0.2, 0.25) is 0 Å². The van der Waals surface area contributed by atoms with Gasteiger partial charge in [0.2, 0.25) is 0 Å². The van der Waals surface area contributed by atoms with Crippen LogP contribution >= 0.6 is 0 Å². The first-order valence-corrected chi connectivity index (χ1v) is 11.1. The van der Waals surface area contributed by atoms with Gasteiger partial charge < -0.3 is 14.8 Å². The number of rotatable bonds is 9. The minimum atomic E-state index is -0.738. The van der Waals surface area contributed by atoms with Gasteiger partial charge in [0, 0.05) is 18.2 Å². The fourth-order valence-electron chi connectivity index (χ4n) is 4.14. The smallest absolute Gasteiger partial charge is 0.256 e. The number of aromatic nitrogens is 1. The zero-order valence-electron chi connectivity index (χ0n) is 18.0. The molecule has 1 saturated carbocycles. The van der Waals surface area contributed by atoms with Crippen LogP contribution in [0, 0.1) is 5.92 Å². The predicted octanol–water partition coefficient (Wildman–Crippen LogP) is 5.73. The lowest BCUT2D eigenvalue weighted by molar-refractivity contribution is -0.148. The van der Waals surface area contributed by atoms with Gasteiger partial charge in [-0.2, -0.15) is 0 Å². The minimum Gasteiger partial charge on any atom is -0.491 e. The average molecular weight is 399 g/mol. The third-order valence-electron chi connectivity index (χ3n) is 5.69. The lowest BCUT2D eigenvalue weighted by atomic mass is 9.78. The molecule has 1 aromatic carbocycles. The standard InChI is InChI=1S/C24H34N2O3/c1-4-6-16-28-21-12-11-20(19-10-8-14-25-22(19)21)26-23(27)24(29-15-5-2)13-7-9-18(3)17-24/h8,10-12,14,18H,4-7,9,13,15-17H2,1-3H3,(H,26,27)/t18-,24+/m0/s1. The molecule has 1 fully saturated rings. The highest BCUT2D eigenvalue weighted by atomic mass is 16.5. The van der Waals surface area contributed by atoms with Gasteiger partial charge in [0.1, 0.15) is 16.9 Å². The van der Waals surface area contributed by atoms with Crippen molar-refractivity contribution < 1.29 is 14.3 Å². The van der Waals surface area contributed by atoms with Crippen molar-refractivity contribution in [2.24, 2.45) is 5.92 Å². The number of hydrogen-bond donors (Lipinski definition) is 1. The van der Waals surface area contributed by atoms with Crippen LogP contribution in [-0.4, -0.2) is 29.7 Å². The number of benzene rings is 1. The summed E-state index contributed by atoms with van der Waals surface area (Å²) in [7, 11) is 0. The third kappa shape index (κ3) is 5.08. The number of nitrogens with one attached hydrogen (secondary N) is 1. The Morgan fingerprint density at radius 2 is 2.10 bits per heavy atom. The highest BCUT2D eigenvalue weighted by Crippen LogP contribution is 2.37. The van der Waals surface area contributed by atoms with Gasteiger partial charge in [-0.3, -0.25) is 9.78 Å². The molecule has 5 nitrogen and oxygen atoms in total. The molecular formula is C24H34N2O3. The van der Waals surface area contributed by atoms with Crippen molar-refractivity contribution in [1.82, 2.24) is 4.98 Å². The molecule has 1 N–H and O–H groups in total. The van der Waals surface area contributed by atoms with Crippen molar-refractivity contribution in [2.75, 3.05) is 18.5 Å². The fraction of sp³-hybridized carbons (Fsp3) is 0.583. The number of carbonyl (C=O) groups excluding carboxylic acids is 1. The number of unbranched alkanes of at least 4 members (excludes halogenated alkanes) is 1. The van der Waals surface area contributed by atoms with Gasteiger partial charge in [-0.1, -0.05) is 33.6 Å². The molecule has 5 heteroatoms. The van der Waals surface area contributed by atoms with E-state index in [4.69, 9.17) is 9.47 Å². The lowest BCUT2D eigenvalue weighted by Crippen LogP contribution is -2.48. The van der Waals surface area contributed by atoms with Crippen molar-refractivity contribution in [3.05, 3.63) is 30.5 Å². The second-order valence-corrected chi connectivity index (χ2v) is 8.21. The van der Waals surface area contributed by atoms with E-state index >= 15 is 0 Å². The Morgan fingerprint density at radius 3 is 2.86 bits per heavy atom. The maximum absolute atomic E-state index is 13.4. The first-order valence-electron chi connectivity index (χ1n) is 11.1. The third-order valence-corrected chi connectivity index (χ3v) is 5.69. The normalized spacial score (nSPS) is 21.8. The Balaban J connectivity index is 1.86. The van der Waals surface area contributed by atoms with Crippen LogP contribution in [0.4, 0.5) is 5.69 Å². The second-order valence-electron chi connectivity index (χ2n) is 8.21. The monoisotopic (exact) mass is 398 g/mol. The van der Waals surface area contributed by atoms with Crippen molar-refractivity contribution in [1.29, 1.82) is 0 Å². The number of anilines is 1. The number of amides is 1. The van der Waals surface area contributed by atoms with E-state index in [2.05, 4.69) is 31.1 Å². The molecule has 0 saturated heterocycles. The summed E-state index contributed by atoms with van der Waals surface area (Å²) in [4.78, 5) is 17.9. The van der Waals surface area contributed by atoms with Crippen LogP contribution in [0.25, 0.3) is 10.9 Å². The Bertz CT molecular complexity index is 823. The van der Waals surface area contributed by atoms with Crippen LogP contribution in [0.1, 0.15) is 65.7 Å². The first-order chi connectivity index (χ1) is 14.1. The summed E-state index contributed by atoms with van der Waals surface area (Å²) in [6, 6.07) is 7.69. The number of hydrogen-bond acceptors (Lipinski definition) is 4. The van der Waals surface area contributed by atoms with Crippen LogP contribution in [-0.2, 0) is 9.53 Å². The molecule has 1 aromatic heterocycles. The molecule has 0 radical (unpaired) electrons. The van der Waals surface area contributed by atoms with Crippen LogP contribution < -0.4 is 10.1 Å². The number of nitrogens with zero attached hydrogens (tertiary/aromatic N) is 1. The molecule has 1 amide bonds. The molecule has 158 valence electrons. The molecule has 3 rings (SSSR count). The molecule has 0 aliphatic heterocycles. The van der Waals surface area contributed by atoms with Crippen molar-refractivity contribution >= 4 is 22.5 Å². The molecule has 2 aromatic rings. The maximum Gasteiger partial charge on any atom is 0.256 e. The average Bonchev–Trinajstić information content (AvgIpc) is 2.74. The van der Waals surface area contributed by atoms with Crippen molar-refractivity contribution in [3.63, 3.8) is 0 Å². The van der Waals surface area contributed by atoms with Crippen LogP contribution in [0.3, 0.4) is 0 Å². The molecular weight excluding hydrogens is 364 g/mol. The number of pyridine rings is 1. The summed E-state index contributed by atoms with van der Waals surface area (Å²) in [5.74, 6) is 1.21. The summed E-state index contributed by atoms with van der Waals surface area (Å²) >= 11 is 0. The highest BCUT2D eigenvalue weighted by molar-refractivity contribution is 6.05. The molecule has 29 heavy (non-hydrogen) atoms. The molecule has 1 aliphatic carbocycles. The van der Waals surface area contributed by atoms with E-state index in [0.717, 1.165) is 67.3 Å². The molecule has 0 spiro atoms. The second kappa shape index (κ2) is 10.1. The summed E-state index contributed by atoms with van der Waals surface area (Å²) in [5.41, 5.74) is 0.805. The van der Waals surface area contributed by atoms with Gasteiger partial charge in [-0.25, -0.2) is 0 Å². The van der Waals surface area contributed by atoms with E-state index in [1.54, 1.807) is 6.20 Å². The van der Waals surface area contributed by atoms with Crippen molar-refractivity contribution in [2.45, 2.75) is 71.3 Å². The predicted molar refractivity (Wildman–Crippen MR) is 117 cm³/mol. The maximum atomic E-state index is 13.4. The Labute approximate surface area is 174 Å². The number of ether oxygens (including phenoxy) is 2. The molecule has 1 heterocycles. The highest BCUT2D eigenvalue weighted by Gasteiger charge is 2.42. The molecule has 2 atom stereocenters.